The monoisotopic (exact) mass is 396 g/mol. The lowest BCUT2D eigenvalue weighted by atomic mass is 10.2. The third-order valence-electron chi connectivity index (χ3n) is 5.48. The third kappa shape index (κ3) is 5.19. The van der Waals surface area contributed by atoms with Crippen LogP contribution in [0.5, 0.6) is 5.75 Å². The molecule has 0 aliphatic carbocycles. The lowest BCUT2D eigenvalue weighted by Gasteiger charge is -2.35. The van der Waals surface area contributed by atoms with E-state index in [1.54, 1.807) is 12.1 Å². The van der Waals surface area contributed by atoms with Gasteiger partial charge in [0, 0.05) is 56.3 Å². The molecule has 0 saturated carbocycles. The molecule has 2 aromatic rings. The summed E-state index contributed by atoms with van der Waals surface area (Å²) in [7, 11) is 0. The van der Waals surface area contributed by atoms with Crippen molar-refractivity contribution in [2.45, 2.75) is 0 Å². The number of rotatable bonds is 5. The summed E-state index contributed by atoms with van der Waals surface area (Å²) in [6.07, 6.45) is 0. The van der Waals surface area contributed by atoms with Crippen LogP contribution < -0.4 is 15.1 Å². The minimum absolute atomic E-state index is 0.0159. The highest BCUT2D eigenvalue weighted by molar-refractivity contribution is 5.92. The molecule has 4 rings (SSSR count). The van der Waals surface area contributed by atoms with Gasteiger partial charge >= 0.3 is 0 Å². The lowest BCUT2D eigenvalue weighted by Crippen LogP contribution is -2.48. The van der Waals surface area contributed by atoms with Gasteiger partial charge in [-0.3, -0.25) is 9.69 Å². The zero-order chi connectivity index (χ0) is 20.1. The van der Waals surface area contributed by atoms with Crippen LogP contribution >= 0.6 is 0 Å². The number of ether oxygens (including phenoxy) is 1. The van der Waals surface area contributed by atoms with Gasteiger partial charge in [-0.2, -0.15) is 0 Å². The fourth-order valence-corrected chi connectivity index (χ4v) is 3.81. The van der Waals surface area contributed by atoms with Gasteiger partial charge in [0.05, 0.1) is 19.8 Å². The van der Waals surface area contributed by atoms with Gasteiger partial charge < -0.3 is 25.0 Å². The molecular formula is C22H28N4O3. The van der Waals surface area contributed by atoms with Crippen molar-refractivity contribution in [2.24, 2.45) is 0 Å². The standard InChI is InChI=1S/C22H28N4O3/c27-21-7-5-20(6-8-21)25-11-9-24(10-12-25)17-22(28)23-18-1-3-19(4-2-18)26-13-15-29-16-14-26/h1-8,27H,9-17H2,(H,23,28). The van der Waals surface area contributed by atoms with E-state index in [1.165, 1.54) is 0 Å². The molecule has 2 aliphatic heterocycles. The quantitative estimate of drug-likeness (QED) is 0.806. The summed E-state index contributed by atoms with van der Waals surface area (Å²) < 4.78 is 5.39. The second-order valence-corrected chi connectivity index (χ2v) is 7.47. The number of morpholine rings is 1. The summed E-state index contributed by atoms with van der Waals surface area (Å²) in [4.78, 5) is 19.2. The largest absolute Gasteiger partial charge is 0.508 e. The van der Waals surface area contributed by atoms with E-state index in [2.05, 4.69) is 32.1 Å². The molecule has 0 atom stereocenters. The normalized spacial score (nSPS) is 17.9. The number of hydrogen-bond donors (Lipinski definition) is 2. The zero-order valence-corrected chi connectivity index (χ0v) is 16.6. The first kappa shape index (κ1) is 19.5. The van der Waals surface area contributed by atoms with E-state index in [1.807, 2.05) is 24.3 Å². The van der Waals surface area contributed by atoms with Crippen molar-refractivity contribution in [3.63, 3.8) is 0 Å². The Morgan fingerprint density at radius 1 is 0.828 bits per heavy atom. The number of carbonyl (C=O) groups excluding carboxylic acids is 1. The highest BCUT2D eigenvalue weighted by atomic mass is 16.5. The molecule has 0 aromatic heterocycles. The van der Waals surface area contributed by atoms with E-state index >= 15 is 0 Å². The summed E-state index contributed by atoms with van der Waals surface area (Å²) >= 11 is 0. The van der Waals surface area contributed by atoms with Gasteiger partial charge in [-0.1, -0.05) is 0 Å². The summed E-state index contributed by atoms with van der Waals surface area (Å²) in [6.45, 7) is 7.14. The van der Waals surface area contributed by atoms with Crippen molar-refractivity contribution in [3.8, 4) is 5.75 Å². The van der Waals surface area contributed by atoms with Crippen LogP contribution in [-0.2, 0) is 9.53 Å². The molecule has 29 heavy (non-hydrogen) atoms. The molecule has 7 nitrogen and oxygen atoms in total. The van der Waals surface area contributed by atoms with Crippen molar-refractivity contribution >= 4 is 23.0 Å². The predicted molar refractivity (Wildman–Crippen MR) is 115 cm³/mol. The van der Waals surface area contributed by atoms with Crippen molar-refractivity contribution in [1.82, 2.24) is 4.90 Å². The molecule has 2 heterocycles. The second kappa shape index (κ2) is 9.15. The van der Waals surface area contributed by atoms with E-state index in [0.717, 1.165) is 69.5 Å². The van der Waals surface area contributed by atoms with Gasteiger partial charge in [0.2, 0.25) is 5.91 Å². The predicted octanol–water partition coefficient (Wildman–Crippen LogP) is 1.99. The van der Waals surface area contributed by atoms with Crippen LogP contribution in [0.2, 0.25) is 0 Å². The number of nitrogens with zero attached hydrogens (tertiary/aromatic N) is 3. The Kier molecular flexibility index (Phi) is 6.17. The Hall–Kier alpha value is -2.77. The van der Waals surface area contributed by atoms with E-state index in [4.69, 9.17) is 4.74 Å². The summed E-state index contributed by atoms with van der Waals surface area (Å²) in [5.41, 5.74) is 3.10. The Bertz CT molecular complexity index is 796. The molecule has 2 N–H and O–H groups in total. The number of phenols is 1. The first-order valence-corrected chi connectivity index (χ1v) is 10.2. The van der Waals surface area contributed by atoms with Crippen LogP contribution in [0.15, 0.2) is 48.5 Å². The van der Waals surface area contributed by atoms with Gasteiger partial charge in [0.25, 0.3) is 0 Å². The highest BCUT2D eigenvalue weighted by Crippen LogP contribution is 2.21. The van der Waals surface area contributed by atoms with Crippen LogP contribution in [0.3, 0.4) is 0 Å². The Morgan fingerprint density at radius 3 is 2.00 bits per heavy atom. The Labute approximate surface area is 171 Å². The molecule has 0 radical (unpaired) electrons. The average Bonchev–Trinajstić information content (AvgIpc) is 2.76. The minimum Gasteiger partial charge on any atom is -0.508 e. The number of carbonyl (C=O) groups is 1. The van der Waals surface area contributed by atoms with Crippen LogP contribution in [0.25, 0.3) is 0 Å². The van der Waals surface area contributed by atoms with E-state index in [0.29, 0.717) is 6.54 Å². The summed E-state index contributed by atoms with van der Waals surface area (Å²) in [5, 5.41) is 12.4. The molecule has 1 amide bonds. The molecule has 0 spiro atoms. The molecule has 2 saturated heterocycles. The van der Waals surface area contributed by atoms with Crippen LogP contribution in [0, 0.1) is 0 Å². The minimum atomic E-state index is 0.0159. The topological polar surface area (TPSA) is 68.3 Å². The number of phenolic OH excluding ortho intramolecular Hbond substituents is 1. The second-order valence-electron chi connectivity index (χ2n) is 7.47. The van der Waals surface area contributed by atoms with Gasteiger partial charge in [0.1, 0.15) is 5.75 Å². The number of piperazine rings is 1. The smallest absolute Gasteiger partial charge is 0.238 e. The van der Waals surface area contributed by atoms with Crippen molar-refractivity contribution in [2.75, 3.05) is 74.1 Å². The van der Waals surface area contributed by atoms with Crippen molar-refractivity contribution in [3.05, 3.63) is 48.5 Å². The number of hydrogen-bond acceptors (Lipinski definition) is 6. The maximum atomic E-state index is 12.4. The number of amides is 1. The number of aromatic hydroxyl groups is 1. The van der Waals surface area contributed by atoms with Gasteiger partial charge in [-0.25, -0.2) is 0 Å². The highest BCUT2D eigenvalue weighted by Gasteiger charge is 2.19. The summed E-state index contributed by atoms with van der Waals surface area (Å²) in [5.74, 6) is 0.296. The van der Waals surface area contributed by atoms with E-state index in [9.17, 15) is 9.90 Å². The van der Waals surface area contributed by atoms with Crippen LogP contribution in [0.4, 0.5) is 17.1 Å². The van der Waals surface area contributed by atoms with Crippen LogP contribution in [-0.4, -0.2) is 74.9 Å². The molecule has 154 valence electrons. The van der Waals surface area contributed by atoms with Gasteiger partial charge in [-0.05, 0) is 48.5 Å². The molecule has 2 aromatic carbocycles. The Balaban J connectivity index is 1.23. The fourth-order valence-electron chi connectivity index (χ4n) is 3.81. The SMILES string of the molecule is O=C(CN1CCN(c2ccc(O)cc2)CC1)Nc1ccc(N2CCOCC2)cc1. The molecule has 0 bridgehead atoms. The van der Waals surface area contributed by atoms with Gasteiger partial charge in [-0.15, -0.1) is 0 Å². The number of anilines is 3. The third-order valence-corrected chi connectivity index (χ3v) is 5.48. The first-order chi connectivity index (χ1) is 14.2. The number of nitrogens with one attached hydrogen (secondary N) is 1. The average molecular weight is 396 g/mol. The number of benzene rings is 2. The van der Waals surface area contributed by atoms with Crippen molar-refractivity contribution < 1.29 is 14.6 Å². The zero-order valence-electron chi connectivity index (χ0n) is 16.6. The summed E-state index contributed by atoms with van der Waals surface area (Å²) in [6, 6.07) is 15.3. The maximum absolute atomic E-state index is 12.4. The van der Waals surface area contributed by atoms with E-state index < -0.39 is 0 Å². The molecule has 0 unspecified atom stereocenters. The molecule has 2 fully saturated rings. The fraction of sp³-hybridized carbons (Fsp3) is 0.409. The Morgan fingerprint density at radius 2 is 1.38 bits per heavy atom. The van der Waals surface area contributed by atoms with Crippen LogP contribution in [0.1, 0.15) is 0 Å². The first-order valence-electron chi connectivity index (χ1n) is 10.2. The maximum Gasteiger partial charge on any atom is 0.238 e. The van der Waals surface area contributed by atoms with Crippen molar-refractivity contribution in [1.29, 1.82) is 0 Å². The molecular weight excluding hydrogens is 368 g/mol. The van der Waals surface area contributed by atoms with E-state index in [-0.39, 0.29) is 11.7 Å². The molecule has 7 heteroatoms. The molecule has 2 aliphatic rings. The lowest BCUT2D eigenvalue weighted by molar-refractivity contribution is -0.117. The van der Waals surface area contributed by atoms with Gasteiger partial charge in [0.15, 0.2) is 0 Å².